The van der Waals surface area contributed by atoms with Crippen molar-refractivity contribution in [2.75, 3.05) is 20.3 Å². The van der Waals surface area contributed by atoms with Gasteiger partial charge in [0.1, 0.15) is 4.21 Å². The first-order chi connectivity index (χ1) is 7.06. The predicted molar refractivity (Wildman–Crippen MR) is 57.5 cm³/mol. The Hall–Kier alpha value is -0.180. The lowest BCUT2D eigenvalue weighted by molar-refractivity contribution is 0.0439. The molecule has 1 aromatic heterocycles. The Morgan fingerprint density at radius 2 is 2.20 bits per heavy atom. The van der Waals surface area contributed by atoms with Crippen LogP contribution in [-0.2, 0) is 19.6 Å². The van der Waals surface area contributed by atoms with Crippen LogP contribution in [0.4, 0.5) is 0 Å². The molecule has 0 aliphatic carbocycles. The normalized spacial score (nSPS) is 11.9. The molecule has 86 valence electrons. The monoisotopic (exact) mass is 271 g/mol. The SMILES string of the molecule is COCCONS(=O)(=O)c1ccc(Cl)s1. The molecule has 1 N–H and O–H groups in total. The molecule has 0 aliphatic heterocycles. The summed E-state index contributed by atoms with van der Waals surface area (Å²) < 4.78 is 28.2. The first-order valence-corrected chi connectivity index (χ1v) is 6.62. The van der Waals surface area contributed by atoms with Crippen molar-refractivity contribution < 1.29 is 18.0 Å². The first kappa shape index (κ1) is 12.9. The van der Waals surface area contributed by atoms with Gasteiger partial charge in [-0.05, 0) is 12.1 Å². The number of hydrogen-bond donors (Lipinski definition) is 1. The third kappa shape index (κ3) is 4.06. The van der Waals surface area contributed by atoms with E-state index in [-0.39, 0.29) is 10.8 Å². The van der Waals surface area contributed by atoms with E-state index in [4.69, 9.17) is 16.4 Å². The minimum Gasteiger partial charge on any atom is -0.382 e. The number of halogens is 1. The second-order valence-corrected chi connectivity index (χ2v) is 6.07. The average molecular weight is 272 g/mol. The molecular weight excluding hydrogens is 262 g/mol. The molecule has 15 heavy (non-hydrogen) atoms. The van der Waals surface area contributed by atoms with Gasteiger partial charge < -0.3 is 4.74 Å². The van der Waals surface area contributed by atoms with Gasteiger partial charge in [-0.15, -0.1) is 11.3 Å². The maximum absolute atomic E-state index is 11.5. The molecule has 0 spiro atoms. The summed E-state index contributed by atoms with van der Waals surface area (Å²) in [5, 5.41) is 0. The van der Waals surface area contributed by atoms with Crippen LogP contribution in [-0.4, -0.2) is 28.7 Å². The van der Waals surface area contributed by atoms with Crippen LogP contribution >= 0.6 is 22.9 Å². The number of hydrogen-bond acceptors (Lipinski definition) is 5. The van der Waals surface area contributed by atoms with E-state index in [0.717, 1.165) is 11.3 Å². The van der Waals surface area contributed by atoms with Gasteiger partial charge in [0.05, 0.1) is 17.6 Å². The van der Waals surface area contributed by atoms with E-state index in [0.29, 0.717) is 10.9 Å². The lowest BCUT2D eigenvalue weighted by Gasteiger charge is -2.04. The number of thiophene rings is 1. The first-order valence-electron chi connectivity index (χ1n) is 3.94. The molecule has 0 saturated heterocycles. The minimum atomic E-state index is -3.61. The number of ether oxygens (including phenoxy) is 1. The molecule has 0 amide bonds. The highest BCUT2D eigenvalue weighted by Crippen LogP contribution is 2.25. The molecule has 5 nitrogen and oxygen atoms in total. The number of sulfonamides is 1. The third-order valence-electron chi connectivity index (χ3n) is 1.37. The second-order valence-electron chi connectivity index (χ2n) is 2.49. The topological polar surface area (TPSA) is 64.6 Å². The Kier molecular flexibility index (Phi) is 4.97. The number of nitrogens with one attached hydrogen (secondary N) is 1. The summed E-state index contributed by atoms with van der Waals surface area (Å²) in [6, 6.07) is 2.92. The Labute approximate surface area is 97.0 Å². The van der Waals surface area contributed by atoms with Gasteiger partial charge in [0, 0.05) is 7.11 Å². The summed E-state index contributed by atoms with van der Waals surface area (Å²) in [5.41, 5.74) is 0. The molecule has 8 heteroatoms. The van der Waals surface area contributed by atoms with Crippen molar-refractivity contribution in [3.05, 3.63) is 16.5 Å². The fourth-order valence-electron chi connectivity index (χ4n) is 0.727. The zero-order valence-electron chi connectivity index (χ0n) is 7.90. The molecule has 1 heterocycles. The Morgan fingerprint density at radius 1 is 1.47 bits per heavy atom. The van der Waals surface area contributed by atoms with E-state index in [9.17, 15) is 8.42 Å². The van der Waals surface area contributed by atoms with Gasteiger partial charge in [-0.1, -0.05) is 16.5 Å². The van der Waals surface area contributed by atoms with Gasteiger partial charge in [-0.25, -0.2) is 8.42 Å². The van der Waals surface area contributed by atoms with Crippen LogP contribution < -0.4 is 4.89 Å². The molecule has 1 aromatic rings. The van der Waals surface area contributed by atoms with E-state index in [1.807, 2.05) is 4.89 Å². The summed E-state index contributed by atoms with van der Waals surface area (Å²) in [6.07, 6.45) is 0. The highest BCUT2D eigenvalue weighted by molar-refractivity contribution is 7.91. The van der Waals surface area contributed by atoms with Crippen LogP contribution in [0.15, 0.2) is 16.3 Å². The Bertz CT molecular complexity index is 403. The van der Waals surface area contributed by atoms with Crippen molar-refractivity contribution in [2.24, 2.45) is 0 Å². The standard InChI is InChI=1S/C7H10ClNO4S2/c1-12-4-5-13-9-15(10,11)7-3-2-6(8)14-7/h2-3,9H,4-5H2,1H3. The molecule has 0 unspecified atom stereocenters. The fraction of sp³-hybridized carbons (Fsp3) is 0.429. The molecule has 0 saturated carbocycles. The van der Waals surface area contributed by atoms with Gasteiger partial charge in [0.2, 0.25) is 0 Å². The third-order valence-corrected chi connectivity index (χ3v) is 4.31. The van der Waals surface area contributed by atoms with E-state index >= 15 is 0 Å². The smallest absolute Gasteiger partial charge is 0.271 e. The summed E-state index contributed by atoms with van der Waals surface area (Å²) in [5.74, 6) is 0. The van der Waals surface area contributed by atoms with Crippen LogP contribution in [0, 0.1) is 0 Å². The average Bonchev–Trinajstić information content (AvgIpc) is 2.60. The van der Waals surface area contributed by atoms with Gasteiger partial charge in [-0.3, -0.25) is 4.84 Å². The highest BCUT2D eigenvalue weighted by Gasteiger charge is 2.16. The molecule has 0 aromatic carbocycles. The summed E-state index contributed by atoms with van der Waals surface area (Å²) in [6.45, 7) is 0.461. The number of methoxy groups -OCH3 is 1. The Morgan fingerprint density at radius 3 is 2.73 bits per heavy atom. The van der Waals surface area contributed by atoms with E-state index in [1.165, 1.54) is 19.2 Å². The summed E-state index contributed by atoms with van der Waals surface area (Å²) in [7, 11) is -2.12. The van der Waals surface area contributed by atoms with Crippen molar-refractivity contribution in [3.8, 4) is 0 Å². The maximum atomic E-state index is 11.5. The Balaban J connectivity index is 2.53. The van der Waals surface area contributed by atoms with Gasteiger partial charge in [0.15, 0.2) is 0 Å². The summed E-state index contributed by atoms with van der Waals surface area (Å²) in [4.78, 5) is 6.67. The molecule has 0 fully saturated rings. The van der Waals surface area contributed by atoms with Crippen molar-refractivity contribution in [1.29, 1.82) is 0 Å². The minimum absolute atomic E-state index is 0.116. The fourth-order valence-corrected chi connectivity index (χ4v) is 3.02. The van der Waals surface area contributed by atoms with Crippen LogP contribution in [0.3, 0.4) is 0 Å². The van der Waals surface area contributed by atoms with Crippen LogP contribution in [0.1, 0.15) is 0 Å². The molecule has 0 radical (unpaired) electrons. The highest BCUT2D eigenvalue weighted by atomic mass is 35.5. The largest absolute Gasteiger partial charge is 0.382 e. The second kappa shape index (κ2) is 5.78. The zero-order valence-corrected chi connectivity index (χ0v) is 10.3. The summed E-state index contributed by atoms with van der Waals surface area (Å²) >= 11 is 6.58. The van der Waals surface area contributed by atoms with Gasteiger partial charge >= 0.3 is 0 Å². The quantitative estimate of drug-likeness (QED) is 0.625. The van der Waals surface area contributed by atoms with Crippen molar-refractivity contribution in [1.82, 2.24) is 4.89 Å². The predicted octanol–water partition coefficient (Wildman–Crippen LogP) is 1.26. The zero-order chi connectivity index (χ0) is 11.3. The van der Waals surface area contributed by atoms with Crippen LogP contribution in [0.2, 0.25) is 4.34 Å². The molecule has 1 rings (SSSR count). The van der Waals surface area contributed by atoms with Crippen LogP contribution in [0.5, 0.6) is 0 Å². The molecular formula is C7H10ClNO4S2. The van der Waals surface area contributed by atoms with Crippen molar-refractivity contribution in [3.63, 3.8) is 0 Å². The lowest BCUT2D eigenvalue weighted by Crippen LogP contribution is -2.24. The van der Waals surface area contributed by atoms with Crippen molar-refractivity contribution in [2.45, 2.75) is 4.21 Å². The molecule has 0 bridgehead atoms. The molecule has 0 atom stereocenters. The van der Waals surface area contributed by atoms with Gasteiger partial charge in [0.25, 0.3) is 10.0 Å². The maximum Gasteiger partial charge on any atom is 0.271 e. The van der Waals surface area contributed by atoms with E-state index in [2.05, 4.69) is 4.74 Å². The van der Waals surface area contributed by atoms with Crippen molar-refractivity contribution >= 4 is 33.0 Å². The lowest BCUT2D eigenvalue weighted by atomic mass is 10.7. The van der Waals surface area contributed by atoms with Gasteiger partial charge in [-0.2, -0.15) is 0 Å². The van der Waals surface area contributed by atoms with Crippen LogP contribution in [0.25, 0.3) is 0 Å². The van der Waals surface area contributed by atoms with E-state index < -0.39 is 10.0 Å². The van der Waals surface area contributed by atoms with E-state index in [1.54, 1.807) is 0 Å². The molecule has 0 aliphatic rings. The number of rotatable bonds is 6.